The fraction of sp³-hybridized carbons (Fsp3) is 0.286. The quantitative estimate of drug-likeness (QED) is 0.681. The van der Waals surface area contributed by atoms with E-state index in [1.54, 1.807) is 0 Å². The van der Waals surface area contributed by atoms with Crippen LogP contribution in [0.4, 0.5) is 0 Å². The third-order valence-corrected chi connectivity index (χ3v) is 4.87. The van der Waals surface area contributed by atoms with Gasteiger partial charge < -0.3 is 4.74 Å². The van der Waals surface area contributed by atoms with Gasteiger partial charge in [-0.1, -0.05) is 36.4 Å². The molecule has 2 aromatic carbocycles. The molecule has 0 bridgehead atoms. The highest BCUT2D eigenvalue weighted by atomic mass is 79.9. The number of halogens is 1. The number of nitrogens with zero attached hydrogens (tertiary/aromatic N) is 1. The first-order valence-corrected chi connectivity index (χ1v) is 9.37. The van der Waals surface area contributed by atoms with Gasteiger partial charge in [0.05, 0.1) is 11.1 Å². The molecule has 0 spiro atoms. The fourth-order valence-electron chi connectivity index (χ4n) is 3.01. The van der Waals surface area contributed by atoms with E-state index >= 15 is 0 Å². The largest absolute Gasteiger partial charge is 0.493 e. The van der Waals surface area contributed by atoms with Crippen LogP contribution in [-0.2, 0) is 11.3 Å². The van der Waals surface area contributed by atoms with E-state index < -0.39 is 0 Å². The van der Waals surface area contributed by atoms with Gasteiger partial charge in [-0.25, -0.2) is 0 Å². The molecule has 4 heteroatoms. The third kappa shape index (κ3) is 4.80. The van der Waals surface area contributed by atoms with E-state index in [9.17, 15) is 4.79 Å². The minimum Gasteiger partial charge on any atom is -0.493 e. The van der Waals surface area contributed by atoms with Crippen molar-refractivity contribution in [3.63, 3.8) is 0 Å². The molecule has 0 aliphatic carbocycles. The lowest BCUT2D eigenvalue weighted by Gasteiger charge is -2.27. The van der Waals surface area contributed by atoms with Crippen molar-refractivity contribution >= 4 is 27.8 Å². The number of hydrogen-bond donors (Lipinski definition) is 0. The van der Waals surface area contributed by atoms with Crippen molar-refractivity contribution in [3.8, 4) is 5.75 Å². The predicted molar refractivity (Wildman–Crippen MR) is 105 cm³/mol. The van der Waals surface area contributed by atoms with Gasteiger partial charge in [0.2, 0.25) is 0 Å². The minimum absolute atomic E-state index is 0.245. The molecule has 0 amide bonds. The number of hydrogen-bond acceptors (Lipinski definition) is 3. The zero-order valence-electron chi connectivity index (χ0n) is 14.4. The summed E-state index contributed by atoms with van der Waals surface area (Å²) >= 11 is 3.53. The van der Waals surface area contributed by atoms with Gasteiger partial charge in [0.1, 0.15) is 5.75 Å². The summed E-state index contributed by atoms with van der Waals surface area (Å²) in [5.74, 6) is 1.07. The molecule has 0 N–H and O–H groups in total. The van der Waals surface area contributed by atoms with Gasteiger partial charge in [0, 0.05) is 31.6 Å². The Morgan fingerprint density at radius 3 is 2.72 bits per heavy atom. The standard InChI is InChI=1S/C21H22BrNO2/c1-2-25-21-9-8-17(13-19(21)22)12-18-15-23(11-10-20(18)24)14-16-6-4-3-5-7-16/h3-9,12-13H,2,10-11,14-15H2,1H3/b18-12+. The lowest BCUT2D eigenvalue weighted by atomic mass is 9.99. The molecular weight excluding hydrogens is 378 g/mol. The van der Waals surface area contributed by atoms with Crippen molar-refractivity contribution < 1.29 is 9.53 Å². The second-order valence-electron chi connectivity index (χ2n) is 6.16. The van der Waals surface area contributed by atoms with Gasteiger partial charge in [-0.2, -0.15) is 0 Å². The molecule has 0 atom stereocenters. The number of ether oxygens (including phenoxy) is 1. The van der Waals surface area contributed by atoms with E-state index in [0.717, 1.165) is 34.4 Å². The monoisotopic (exact) mass is 399 g/mol. The van der Waals surface area contributed by atoms with Crippen LogP contribution in [0.1, 0.15) is 24.5 Å². The topological polar surface area (TPSA) is 29.5 Å². The first-order chi connectivity index (χ1) is 12.2. The molecule has 0 unspecified atom stereocenters. The van der Waals surface area contributed by atoms with Crippen molar-refractivity contribution in [3.05, 3.63) is 69.7 Å². The first-order valence-electron chi connectivity index (χ1n) is 8.58. The molecule has 1 aliphatic rings. The Labute approximate surface area is 157 Å². The minimum atomic E-state index is 0.245. The van der Waals surface area contributed by atoms with E-state index in [0.29, 0.717) is 19.6 Å². The van der Waals surface area contributed by atoms with E-state index in [4.69, 9.17) is 4.74 Å². The normalized spacial score (nSPS) is 17.0. The Morgan fingerprint density at radius 1 is 1.20 bits per heavy atom. The van der Waals surface area contributed by atoms with Gasteiger partial charge in [0.15, 0.2) is 5.78 Å². The average molecular weight is 400 g/mol. The number of rotatable bonds is 5. The molecule has 0 saturated carbocycles. The van der Waals surface area contributed by atoms with Crippen molar-refractivity contribution in [1.29, 1.82) is 0 Å². The SMILES string of the molecule is CCOc1ccc(/C=C2\CN(Cc3ccccc3)CCC2=O)cc1Br. The van der Waals surface area contributed by atoms with Crippen LogP contribution < -0.4 is 4.74 Å². The Morgan fingerprint density at radius 2 is 2.00 bits per heavy atom. The Bertz CT molecular complexity index is 771. The van der Waals surface area contributed by atoms with E-state index in [1.165, 1.54) is 5.56 Å². The lowest BCUT2D eigenvalue weighted by molar-refractivity contribution is -0.117. The summed E-state index contributed by atoms with van der Waals surface area (Å²) in [6.07, 6.45) is 2.58. The molecule has 25 heavy (non-hydrogen) atoms. The van der Waals surface area contributed by atoms with Crippen LogP contribution in [0.5, 0.6) is 5.75 Å². The van der Waals surface area contributed by atoms with Crippen LogP contribution in [0.2, 0.25) is 0 Å². The Hall–Kier alpha value is -1.91. The van der Waals surface area contributed by atoms with Gasteiger partial charge >= 0.3 is 0 Å². The fourth-order valence-corrected chi connectivity index (χ4v) is 3.52. The average Bonchev–Trinajstić information content (AvgIpc) is 2.61. The maximum atomic E-state index is 12.3. The van der Waals surface area contributed by atoms with E-state index in [1.807, 2.05) is 37.3 Å². The summed E-state index contributed by atoms with van der Waals surface area (Å²) in [5.41, 5.74) is 3.17. The number of benzene rings is 2. The molecule has 3 rings (SSSR count). The summed E-state index contributed by atoms with van der Waals surface area (Å²) in [6, 6.07) is 16.3. The number of piperidine rings is 1. The molecule has 1 fully saturated rings. The molecule has 1 heterocycles. The molecule has 1 aliphatic heterocycles. The van der Waals surface area contributed by atoms with Gasteiger partial charge in [-0.15, -0.1) is 0 Å². The third-order valence-electron chi connectivity index (χ3n) is 4.25. The van der Waals surface area contributed by atoms with E-state index in [-0.39, 0.29) is 5.78 Å². The van der Waals surface area contributed by atoms with Crippen LogP contribution >= 0.6 is 15.9 Å². The maximum absolute atomic E-state index is 12.3. The number of carbonyl (C=O) groups is 1. The highest BCUT2D eigenvalue weighted by Gasteiger charge is 2.21. The predicted octanol–water partition coefficient (Wildman–Crippen LogP) is 4.71. The van der Waals surface area contributed by atoms with Gasteiger partial charge in [0.25, 0.3) is 0 Å². The highest BCUT2D eigenvalue weighted by molar-refractivity contribution is 9.10. The summed E-state index contributed by atoms with van der Waals surface area (Å²) < 4.78 is 6.45. The number of likely N-dealkylation sites (tertiary alicyclic amines) is 1. The van der Waals surface area contributed by atoms with Crippen molar-refractivity contribution in [2.75, 3.05) is 19.7 Å². The summed E-state index contributed by atoms with van der Waals surface area (Å²) in [4.78, 5) is 14.6. The molecule has 0 radical (unpaired) electrons. The van der Waals surface area contributed by atoms with Crippen LogP contribution in [0.25, 0.3) is 6.08 Å². The maximum Gasteiger partial charge on any atom is 0.161 e. The van der Waals surface area contributed by atoms with Crippen LogP contribution in [0.3, 0.4) is 0 Å². The van der Waals surface area contributed by atoms with Gasteiger partial charge in [-0.05, 0) is 52.2 Å². The molecule has 1 saturated heterocycles. The summed E-state index contributed by atoms with van der Waals surface area (Å²) in [7, 11) is 0. The number of Topliss-reactive ketones (excluding diaryl/α,β-unsaturated/α-hetero) is 1. The second kappa shape index (κ2) is 8.45. The lowest BCUT2D eigenvalue weighted by Crippen LogP contribution is -2.35. The molecule has 2 aromatic rings. The highest BCUT2D eigenvalue weighted by Crippen LogP contribution is 2.27. The van der Waals surface area contributed by atoms with Crippen molar-refractivity contribution in [1.82, 2.24) is 4.90 Å². The second-order valence-corrected chi connectivity index (χ2v) is 7.02. The number of ketones is 1. The van der Waals surface area contributed by atoms with Crippen LogP contribution in [0, 0.1) is 0 Å². The van der Waals surface area contributed by atoms with Crippen LogP contribution in [0.15, 0.2) is 58.6 Å². The molecule has 0 aromatic heterocycles. The van der Waals surface area contributed by atoms with E-state index in [2.05, 4.69) is 45.1 Å². The number of carbonyl (C=O) groups excluding carboxylic acids is 1. The summed E-state index contributed by atoms with van der Waals surface area (Å²) in [6.45, 7) is 4.98. The van der Waals surface area contributed by atoms with Gasteiger partial charge in [-0.3, -0.25) is 9.69 Å². The van der Waals surface area contributed by atoms with Crippen molar-refractivity contribution in [2.45, 2.75) is 19.9 Å². The Kier molecular flexibility index (Phi) is 6.05. The van der Waals surface area contributed by atoms with Crippen molar-refractivity contribution in [2.24, 2.45) is 0 Å². The zero-order valence-corrected chi connectivity index (χ0v) is 16.0. The first kappa shape index (κ1) is 17.9. The molecular formula is C21H22BrNO2. The zero-order chi connectivity index (χ0) is 17.6. The molecule has 3 nitrogen and oxygen atoms in total. The molecule has 130 valence electrons. The van der Waals surface area contributed by atoms with Crippen LogP contribution in [-0.4, -0.2) is 30.4 Å². The Balaban J connectivity index is 1.74. The summed E-state index contributed by atoms with van der Waals surface area (Å²) in [5, 5.41) is 0. The smallest absolute Gasteiger partial charge is 0.161 e.